The number of halogens is 1. The Hall–Kier alpha value is -3.48. The Morgan fingerprint density at radius 3 is 2.66 bits per heavy atom. The average molecular weight is 394 g/mol. The maximum atomic E-state index is 13.4. The van der Waals surface area contributed by atoms with Crippen LogP contribution in [0, 0.1) is 5.82 Å². The molecule has 1 N–H and O–H groups in total. The zero-order valence-electron chi connectivity index (χ0n) is 15.6. The lowest BCUT2D eigenvalue weighted by Gasteiger charge is -2.21. The summed E-state index contributed by atoms with van der Waals surface area (Å²) in [6, 6.07) is 10.4. The number of hydrogen-bond donors (Lipinski definition) is 1. The van der Waals surface area contributed by atoms with Gasteiger partial charge in [0.2, 0.25) is 0 Å². The molecule has 1 amide bonds. The highest BCUT2D eigenvalue weighted by atomic mass is 19.1. The third-order valence-electron chi connectivity index (χ3n) is 4.99. The molecule has 3 aromatic rings. The number of ketones is 1. The number of carbonyl (C=O) groups is 2. The van der Waals surface area contributed by atoms with Gasteiger partial charge in [0.25, 0.3) is 11.5 Å². The Balaban J connectivity index is 1.72. The van der Waals surface area contributed by atoms with Crippen LogP contribution in [0.15, 0.2) is 57.9 Å². The predicted molar refractivity (Wildman–Crippen MR) is 104 cm³/mol. The van der Waals surface area contributed by atoms with Crippen molar-refractivity contribution in [3.8, 4) is 5.69 Å². The zero-order valence-corrected chi connectivity index (χ0v) is 15.6. The molecule has 6 nitrogen and oxygen atoms in total. The van der Waals surface area contributed by atoms with Gasteiger partial charge >= 0.3 is 0 Å². The van der Waals surface area contributed by atoms with Crippen LogP contribution >= 0.6 is 0 Å². The second kappa shape index (κ2) is 7.87. The van der Waals surface area contributed by atoms with E-state index in [1.165, 1.54) is 34.9 Å². The van der Waals surface area contributed by atoms with E-state index >= 15 is 0 Å². The minimum Gasteiger partial charge on any atom is -0.469 e. The maximum absolute atomic E-state index is 13.4. The summed E-state index contributed by atoms with van der Waals surface area (Å²) in [5.41, 5.74) is 0.720. The van der Waals surface area contributed by atoms with E-state index in [1.807, 2.05) is 0 Å². The van der Waals surface area contributed by atoms with Crippen molar-refractivity contribution in [3.63, 3.8) is 0 Å². The van der Waals surface area contributed by atoms with E-state index in [9.17, 15) is 18.8 Å². The van der Waals surface area contributed by atoms with E-state index in [2.05, 4.69) is 5.32 Å². The molecule has 4 rings (SSSR count). The molecule has 0 bridgehead atoms. The lowest BCUT2D eigenvalue weighted by atomic mass is 9.92. The van der Waals surface area contributed by atoms with Gasteiger partial charge in [-0.1, -0.05) is 0 Å². The molecule has 1 aliphatic carbocycles. The molecule has 148 valence electrons. The number of nitrogens with zero attached hydrogens (tertiary/aromatic N) is 1. The second-order valence-corrected chi connectivity index (χ2v) is 6.90. The Morgan fingerprint density at radius 1 is 1.14 bits per heavy atom. The first-order chi connectivity index (χ1) is 14.0. The van der Waals surface area contributed by atoms with Crippen molar-refractivity contribution in [1.29, 1.82) is 0 Å². The van der Waals surface area contributed by atoms with Crippen LogP contribution in [0.1, 0.15) is 45.0 Å². The van der Waals surface area contributed by atoms with E-state index in [-0.39, 0.29) is 17.9 Å². The number of amides is 1. The van der Waals surface area contributed by atoms with E-state index in [1.54, 1.807) is 18.4 Å². The molecule has 0 unspecified atom stereocenters. The third-order valence-corrected chi connectivity index (χ3v) is 4.99. The van der Waals surface area contributed by atoms with Gasteiger partial charge in [-0.2, -0.15) is 0 Å². The summed E-state index contributed by atoms with van der Waals surface area (Å²) in [5.74, 6) is -0.376. The minimum atomic E-state index is -0.557. The van der Waals surface area contributed by atoms with Gasteiger partial charge in [-0.25, -0.2) is 4.39 Å². The van der Waals surface area contributed by atoms with Crippen molar-refractivity contribution in [1.82, 2.24) is 9.88 Å². The highest BCUT2D eigenvalue weighted by molar-refractivity contribution is 6.01. The first-order valence-corrected chi connectivity index (χ1v) is 9.43. The standard InChI is InChI=1S/C22H19FN2O4/c23-14-6-8-15(9-7-14)25-19-4-1-5-20(26)17(19)13-18(22(25)28)21(27)24-11-10-16-3-2-12-29-16/h2-3,6-9,12-13H,1,4-5,10-11H2,(H,24,27). The van der Waals surface area contributed by atoms with Gasteiger partial charge in [0.15, 0.2) is 5.78 Å². The first kappa shape index (κ1) is 18.9. The van der Waals surface area contributed by atoms with Crippen LogP contribution in [-0.4, -0.2) is 22.8 Å². The van der Waals surface area contributed by atoms with Gasteiger partial charge in [0, 0.05) is 36.3 Å². The quantitative estimate of drug-likeness (QED) is 0.721. The summed E-state index contributed by atoms with van der Waals surface area (Å²) in [4.78, 5) is 38.3. The number of carbonyl (C=O) groups excluding carboxylic acids is 2. The molecule has 0 saturated carbocycles. The summed E-state index contributed by atoms with van der Waals surface area (Å²) in [5, 5.41) is 2.70. The normalized spacial score (nSPS) is 13.2. The number of Topliss-reactive ketones (excluding diaryl/α,β-unsaturated/α-hetero) is 1. The molecule has 0 aliphatic heterocycles. The lowest BCUT2D eigenvalue weighted by molar-refractivity contribution is 0.0951. The molecule has 0 atom stereocenters. The molecule has 0 spiro atoms. The molecule has 29 heavy (non-hydrogen) atoms. The Labute approximate surface area is 166 Å². The summed E-state index contributed by atoms with van der Waals surface area (Å²) < 4.78 is 19.9. The van der Waals surface area contributed by atoms with E-state index < -0.39 is 17.3 Å². The fraction of sp³-hybridized carbons (Fsp3) is 0.227. The number of fused-ring (bicyclic) bond motifs is 1. The average Bonchev–Trinajstić information content (AvgIpc) is 3.22. The van der Waals surface area contributed by atoms with Crippen LogP contribution in [0.5, 0.6) is 0 Å². The smallest absolute Gasteiger partial charge is 0.268 e. The molecular formula is C22H19FN2O4. The number of aromatic nitrogens is 1. The molecule has 7 heteroatoms. The predicted octanol–water partition coefficient (Wildman–Crippen LogP) is 3.06. The van der Waals surface area contributed by atoms with Gasteiger partial charge < -0.3 is 9.73 Å². The van der Waals surface area contributed by atoms with E-state index in [0.29, 0.717) is 42.6 Å². The van der Waals surface area contributed by atoms with Gasteiger partial charge in [-0.3, -0.25) is 19.0 Å². The Kier molecular flexibility index (Phi) is 5.12. The van der Waals surface area contributed by atoms with Crippen LogP contribution in [0.2, 0.25) is 0 Å². The van der Waals surface area contributed by atoms with Crippen LogP contribution in [-0.2, 0) is 12.8 Å². The fourth-order valence-corrected chi connectivity index (χ4v) is 3.57. The molecule has 1 aromatic carbocycles. The third kappa shape index (κ3) is 3.76. The molecule has 2 aromatic heterocycles. The summed E-state index contributed by atoms with van der Waals surface area (Å²) in [6.45, 7) is 0.285. The number of nitrogens with one attached hydrogen (secondary N) is 1. The van der Waals surface area contributed by atoms with Gasteiger partial charge in [0.1, 0.15) is 17.1 Å². The minimum absolute atomic E-state index is 0.105. The van der Waals surface area contributed by atoms with E-state index in [0.717, 1.165) is 5.76 Å². The molecule has 2 heterocycles. The van der Waals surface area contributed by atoms with Crippen LogP contribution in [0.25, 0.3) is 5.69 Å². The number of rotatable bonds is 5. The first-order valence-electron chi connectivity index (χ1n) is 9.43. The lowest BCUT2D eigenvalue weighted by Crippen LogP contribution is -2.36. The maximum Gasteiger partial charge on any atom is 0.268 e. The summed E-state index contributed by atoms with van der Waals surface area (Å²) in [6.07, 6.45) is 3.56. The van der Waals surface area contributed by atoms with E-state index in [4.69, 9.17) is 4.42 Å². The van der Waals surface area contributed by atoms with Crippen molar-refractivity contribution < 1.29 is 18.4 Å². The number of furan rings is 1. The van der Waals surface area contributed by atoms with Crippen molar-refractivity contribution >= 4 is 11.7 Å². The number of hydrogen-bond acceptors (Lipinski definition) is 4. The van der Waals surface area contributed by atoms with Gasteiger partial charge in [0.05, 0.1) is 6.26 Å². The van der Waals surface area contributed by atoms with Gasteiger partial charge in [-0.05, 0) is 55.3 Å². The molecule has 0 saturated heterocycles. The van der Waals surface area contributed by atoms with Crippen molar-refractivity contribution in [2.75, 3.05) is 6.54 Å². The monoisotopic (exact) mass is 394 g/mol. The van der Waals surface area contributed by atoms with Crippen LogP contribution in [0.4, 0.5) is 4.39 Å². The highest BCUT2D eigenvalue weighted by Crippen LogP contribution is 2.23. The Bertz CT molecular complexity index is 1110. The topological polar surface area (TPSA) is 81.3 Å². The second-order valence-electron chi connectivity index (χ2n) is 6.90. The number of pyridine rings is 1. The largest absolute Gasteiger partial charge is 0.469 e. The van der Waals surface area contributed by atoms with Gasteiger partial charge in [-0.15, -0.1) is 0 Å². The molecule has 0 fully saturated rings. The zero-order chi connectivity index (χ0) is 20.4. The summed E-state index contributed by atoms with van der Waals surface area (Å²) >= 11 is 0. The Morgan fingerprint density at radius 2 is 1.93 bits per heavy atom. The van der Waals surface area contributed by atoms with Crippen molar-refractivity contribution in [2.45, 2.75) is 25.7 Å². The SMILES string of the molecule is O=C1CCCc2c1cc(C(=O)NCCc1ccco1)c(=O)n2-c1ccc(F)cc1. The molecule has 0 radical (unpaired) electrons. The van der Waals surface area contributed by atoms with Crippen LogP contribution in [0.3, 0.4) is 0 Å². The molecule has 1 aliphatic rings. The fourth-order valence-electron chi connectivity index (χ4n) is 3.57. The van der Waals surface area contributed by atoms with Crippen LogP contribution < -0.4 is 10.9 Å². The van der Waals surface area contributed by atoms with Crippen molar-refractivity contribution in [3.05, 3.63) is 87.5 Å². The van der Waals surface area contributed by atoms with Crippen molar-refractivity contribution in [2.24, 2.45) is 0 Å². The molecular weight excluding hydrogens is 375 g/mol. The highest BCUT2D eigenvalue weighted by Gasteiger charge is 2.26. The summed E-state index contributed by atoms with van der Waals surface area (Å²) in [7, 11) is 0. The number of benzene rings is 1.